The minimum Gasteiger partial charge on any atom is -0.495 e. The highest BCUT2D eigenvalue weighted by molar-refractivity contribution is 6.01. The number of carbonyl (C=O) groups excluding carboxylic acids is 3. The van der Waals surface area contributed by atoms with Crippen LogP contribution in [-0.2, 0) is 21.4 Å². The first-order chi connectivity index (χ1) is 14.4. The zero-order valence-corrected chi connectivity index (χ0v) is 17.6. The van der Waals surface area contributed by atoms with Crippen LogP contribution in [0.15, 0.2) is 30.5 Å². The van der Waals surface area contributed by atoms with Gasteiger partial charge in [0.15, 0.2) is 0 Å². The smallest absolute Gasteiger partial charge is 0.343 e. The number of anilines is 2. The third-order valence-electron chi connectivity index (χ3n) is 4.25. The van der Waals surface area contributed by atoms with Crippen molar-refractivity contribution >= 4 is 29.3 Å². The topological polar surface area (TPSA) is 115 Å². The summed E-state index contributed by atoms with van der Waals surface area (Å²) in [5, 5.41) is 9.45. The molecule has 2 rings (SSSR count). The van der Waals surface area contributed by atoms with Crippen LogP contribution in [0.3, 0.4) is 0 Å². The predicted molar refractivity (Wildman–Crippen MR) is 112 cm³/mol. The van der Waals surface area contributed by atoms with E-state index in [4.69, 9.17) is 9.47 Å². The summed E-state index contributed by atoms with van der Waals surface area (Å²) >= 11 is 0. The quantitative estimate of drug-likeness (QED) is 0.563. The molecule has 0 aliphatic carbocycles. The largest absolute Gasteiger partial charge is 0.495 e. The van der Waals surface area contributed by atoms with Crippen LogP contribution in [0, 0.1) is 0 Å². The molecule has 0 bridgehead atoms. The normalized spacial score (nSPS) is 10.6. The molecule has 162 valence electrons. The van der Waals surface area contributed by atoms with Crippen molar-refractivity contribution in [3.8, 4) is 5.75 Å². The van der Waals surface area contributed by atoms with Gasteiger partial charge in [-0.2, -0.15) is 5.10 Å². The summed E-state index contributed by atoms with van der Waals surface area (Å²) in [7, 11) is 3.13. The molecule has 1 aromatic heterocycles. The number of carbonyl (C=O) groups is 3. The van der Waals surface area contributed by atoms with E-state index in [-0.39, 0.29) is 42.9 Å². The number of hydrogen-bond acceptors (Lipinski definition) is 7. The molecule has 0 atom stereocenters. The maximum atomic E-state index is 12.5. The third kappa shape index (κ3) is 6.05. The molecule has 0 aliphatic heterocycles. The van der Waals surface area contributed by atoms with Crippen LogP contribution in [-0.4, -0.2) is 65.8 Å². The molecule has 0 saturated carbocycles. The van der Waals surface area contributed by atoms with Crippen molar-refractivity contribution in [2.45, 2.75) is 13.8 Å². The average molecular weight is 417 g/mol. The summed E-state index contributed by atoms with van der Waals surface area (Å²) in [5.41, 5.74) is 0.726. The molecule has 10 heteroatoms. The van der Waals surface area contributed by atoms with Crippen LogP contribution in [0.5, 0.6) is 5.75 Å². The Labute approximate surface area is 175 Å². The fourth-order valence-electron chi connectivity index (χ4n) is 2.74. The van der Waals surface area contributed by atoms with Crippen molar-refractivity contribution in [3.05, 3.63) is 36.0 Å². The van der Waals surface area contributed by atoms with E-state index < -0.39 is 5.97 Å². The van der Waals surface area contributed by atoms with Gasteiger partial charge in [0.05, 0.1) is 38.7 Å². The highest BCUT2D eigenvalue weighted by Crippen LogP contribution is 2.22. The van der Waals surface area contributed by atoms with Gasteiger partial charge in [0.2, 0.25) is 11.8 Å². The zero-order chi connectivity index (χ0) is 22.1. The van der Waals surface area contributed by atoms with Crippen LogP contribution in [0.4, 0.5) is 11.5 Å². The van der Waals surface area contributed by atoms with Crippen LogP contribution in [0.2, 0.25) is 0 Å². The average Bonchev–Trinajstić information content (AvgIpc) is 3.08. The molecule has 0 unspecified atom stereocenters. The van der Waals surface area contributed by atoms with Crippen molar-refractivity contribution in [2.24, 2.45) is 7.05 Å². The molecule has 0 aliphatic rings. The SMILES string of the molecule is CCOC(=O)c1cnn(C)c1NC(=O)CN(CC)CC(=O)Nc1ccccc1OC. The Hall–Kier alpha value is -3.40. The Kier molecular flexibility index (Phi) is 8.36. The van der Waals surface area contributed by atoms with Crippen molar-refractivity contribution in [1.82, 2.24) is 14.7 Å². The standard InChI is InChI=1S/C20H27N5O5/c1-5-25(12-17(26)22-15-9-7-8-10-16(15)29-4)13-18(27)23-19-14(11-21-24(19)3)20(28)30-6-2/h7-11H,5-6,12-13H2,1-4H3,(H,22,26)(H,23,27). The van der Waals surface area contributed by atoms with E-state index in [2.05, 4.69) is 15.7 Å². The summed E-state index contributed by atoms with van der Waals surface area (Å²) in [4.78, 5) is 38.6. The van der Waals surface area contributed by atoms with Gasteiger partial charge in [0.25, 0.3) is 0 Å². The highest BCUT2D eigenvalue weighted by atomic mass is 16.5. The van der Waals surface area contributed by atoms with E-state index in [0.29, 0.717) is 18.0 Å². The van der Waals surface area contributed by atoms with E-state index in [0.717, 1.165) is 0 Å². The second-order valence-corrected chi connectivity index (χ2v) is 6.35. The monoisotopic (exact) mass is 417 g/mol. The van der Waals surface area contributed by atoms with Crippen LogP contribution in [0.25, 0.3) is 0 Å². The lowest BCUT2D eigenvalue weighted by molar-refractivity contribution is -0.120. The van der Waals surface area contributed by atoms with Gasteiger partial charge in [-0.15, -0.1) is 0 Å². The summed E-state index contributed by atoms with van der Waals surface area (Å²) < 4.78 is 11.6. The van der Waals surface area contributed by atoms with Crippen molar-refractivity contribution in [3.63, 3.8) is 0 Å². The Morgan fingerprint density at radius 2 is 1.77 bits per heavy atom. The van der Waals surface area contributed by atoms with E-state index in [1.165, 1.54) is 18.0 Å². The molecule has 2 aromatic rings. The number of amides is 2. The lowest BCUT2D eigenvalue weighted by Crippen LogP contribution is -2.39. The first-order valence-corrected chi connectivity index (χ1v) is 9.53. The Balaban J connectivity index is 1.97. The number of aromatic nitrogens is 2. The molecule has 0 saturated heterocycles. The first-order valence-electron chi connectivity index (χ1n) is 9.53. The van der Waals surface area contributed by atoms with E-state index >= 15 is 0 Å². The number of likely N-dealkylation sites (N-methyl/N-ethyl adjacent to an activating group) is 1. The van der Waals surface area contributed by atoms with Crippen molar-refractivity contribution in [1.29, 1.82) is 0 Å². The van der Waals surface area contributed by atoms with Crippen LogP contribution >= 0.6 is 0 Å². The van der Waals surface area contributed by atoms with Crippen molar-refractivity contribution < 1.29 is 23.9 Å². The number of nitrogens with zero attached hydrogens (tertiary/aromatic N) is 3. The summed E-state index contributed by atoms with van der Waals surface area (Å²) in [6.45, 7) is 4.20. The molecule has 1 heterocycles. The molecule has 30 heavy (non-hydrogen) atoms. The minimum atomic E-state index is -0.565. The number of hydrogen-bond donors (Lipinski definition) is 2. The van der Waals surface area contributed by atoms with Crippen LogP contribution < -0.4 is 15.4 Å². The fourth-order valence-corrected chi connectivity index (χ4v) is 2.74. The van der Waals surface area contributed by atoms with Crippen molar-refractivity contribution in [2.75, 3.05) is 44.0 Å². The number of esters is 1. The molecule has 10 nitrogen and oxygen atoms in total. The Morgan fingerprint density at radius 3 is 2.40 bits per heavy atom. The van der Waals surface area contributed by atoms with Gasteiger partial charge in [-0.1, -0.05) is 19.1 Å². The first kappa shape index (κ1) is 22.9. The fraction of sp³-hybridized carbons (Fsp3) is 0.400. The van der Waals surface area contributed by atoms with E-state index in [1.807, 2.05) is 6.92 Å². The lowest BCUT2D eigenvalue weighted by atomic mass is 10.3. The molecule has 0 radical (unpaired) electrons. The number of rotatable bonds is 10. The van der Waals surface area contributed by atoms with E-state index in [9.17, 15) is 14.4 Å². The van der Waals surface area contributed by atoms with Gasteiger partial charge in [-0.25, -0.2) is 4.79 Å². The molecule has 2 N–H and O–H groups in total. The number of nitrogens with one attached hydrogen (secondary N) is 2. The third-order valence-corrected chi connectivity index (χ3v) is 4.25. The van der Waals surface area contributed by atoms with Gasteiger partial charge < -0.3 is 20.1 Å². The Bertz CT molecular complexity index is 895. The number of aryl methyl sites for hydroxylation is 1. The molecular formula is C20H27N5O5. The van der Waals surface area contributed by atoms with Gasteiger partial charge in [0, 0.05) is 7.05 Å². The summed E-state index contributed by atoms with van der Waals surface area (Å²) in [6.07, 6.45) is 1.34. The van der Waals surface area contributed by atoms with Gasteiger partial charge >= 0.3 is 5.97 Å². The highest BCUT2D eigenvalue weighted by Gasteiger charge is 2.21. The number of ether oxygens (including phenoxy) is 2. The molecule has 2 amide bonds. The van der Waals surface area contributed by atoms with Gasteiger partial charge in [-0.05, 0) is 25.6 Å². The molecule has 0 spiro atoms. The summed E-state index contributed by atoms with van der Waals surface area (Å²) in [5.74, 6) is -0.426. The van der Waals surface area contributed by atoms with Gasteiger partial charge in [-0.3, -0.25) is 19.2 Å². The lowest BCUT2D eigenvalue weighted by Gasteiger charge is -2.20. The Morgan fingerprint density at radius 1 is 1.10 bits per heavy atom. The molecule has 1 aromatic carbocycles. The predicted octanol–water partition coefficient (Wildman–Crippen LogP) is 1.50. The molecular weight excluding hydrogens is 390 g/mol. The van der Waals surface area contributed by atoms with Gasteiger partial charge in [0.1, 0.15) is 17.1 Å². The number of benzene rings is 1. The second-order valence-electron chi connectivity index (χ2n) is 6.35. The maximum Gasteiger partial charge on any atom is 0.343 e. The number of para-hydroxylation sites is 2. The maximum absolute atomic E-state index is 12.5. The number of methoxy groups -OCH3 is 1. The summed E-state index contributed by atoms with van der Waals surface area (Å²) in [6, 6.07) is 7.08. The second kappa shape index (κ2) is 11.0. The zero-order valence-electron chi connectivity index (χ0n) is 17.6. The molecule has 0 fully saturated rings. The van der Waals surface area contributed by atoms with Crippen LogP contribution in [0.1, 0.15) is 24.2 Å². The van der Waals surface area contributed by atoms with E-state index in [1.54, 1.807) is 43.1 Å². The minimum absolute atomic E-state index is 0.0120.